The molecule has 9 heteroatoms. The first kappa shape index (κ1) is 23.5. The van der Waals surface area contributed by atoms with Crippen LogP contribution in [0, 0.1) is 12.7 Å². The summed E-state index contributed by atoms with van der Waals surface area (Å²) in [5.74, 6) is -1.58. The molecule has 1 amide bonds. The topological polar surface area (TPSA) is 92.8 Å². The minimum Gasteiger partial charge on any atom is -0.453 e. The van der Waals surface area contributed by atoms with Crippen LogP contribution < -0.4 is 5.32 Å². The first-order valence-corrected chi connectivity index (χ1v) is 10.8. The summed E-state index contributed by atoms with van der Waals surface area (Å²) in [5.41, 5.74) is 1.52. The largest absolute Gasteiger partial charge is 0.453 e. The molecule has 162 valence electrons. The molecule has 1 N–H and O–H groups in total. The van der Waals surface area contributed by atoms with Crippen molar-refractivity contribution in [1.82, 2.24) is 4.31 Å². The summed E-state index contributed by atoms with van der Waals surface area (Å²) in [6, 6.07) is 11.7. The van der Waals surface area contributed by atoms with Crippen molar-refractivity contribution in [2.75, 3.05) is 18.9 Å². The number of ether oxygens (including phenoxy) is 1. The van der Waals surface area contributed by atoms with Crippen LogP contribution in [0.1, 0.15) is 25.3 Å². The third-order valence-electron chi connectivity index (χ3n) is 4.46. The van der Waals surface area contributed by atoms with Crippen LogP contribution in [0.2, 0.25) is 0 Å². The molecule has 0 saturated carbocycles. The Balaban J connectivity index is 1.80. The lowest BCUT2D eigenvalue weighted by atomic mass is 10.2. The van der Waals surface area contributed by atoms with Gasteiger partial charge in [0.25, 0.3) is 5.91 Å². The zero-order valence-corrected chi connectivity index (χ0v) is 17.9. The van der Waals surface area contributed by atoms with Crippen molar-refractivity contribution >= 4 is 27.6 Å². The highest BCUT2D eigenvalue weighted by molar-refractivity contribution is 7.89. The third kappa shape index (κ3) is 6.36. The number of nitrogens with one attached hydrogen (secondary N) is 1. The summed E-state index contributed by atoms with van der Waals surface area (Å²) in [6.45, 7) is 3.39. The lowest BCUT2D eigenvalue weighted by molar-refractivity contribution is -0.153. The van der Waals surface area contributed by atoms with Gasteiger partial charge in [-0.1, -0.05) is 18.2 Å². The summed E-state index contributed by atoms with van der Waals surface area (Å²) in [6.07, 6.45) is -0.828. The Hall–Kier alpha value is -2.78. The number of carbonyl (C=O) groups is 2. The van der Waals surface area contributed by atoms with Crippen molar-refractivity contribution in [2.24, 2.45) is 0 Å². The first-order chi connectivity index (χ1) is 14.1. The highest BCUT2D eigenvalue weighted by Crippen LogP contribution is 2.16. The van der Waals surface area contributed by atoms with Gasteiger partial charge >= 0.3 is 5.97 Å². The smallest absolute Gasteiger partial charge is 0.306 e. The number of carbonyl (C=O) groups excluding carboxylic acids is 2. The van der Waals surface area contributed by atoms with Gasteiger partial charge < -0.3 is 10.1 Å². The minimum absolute atomic E-state index is 0.0320. The average Bonchev–Trinajstić information content (AvgIpc) is 2.69. The molecule has 7 nitrogen and oxygen atoms in total. The predicted octanol–water partition coefficient (Wildman–Crippen LogP) is 3.11. The monoisotopic (exact) mass is 436 g/mol. The maximum absolute atomic E-state index is 13.0. The molecule has 0 heterocycles. The Kier molecular flexibility index (Phi) is 8.08. The molecule has 0 aliphatic carbocycles. The molecule has 0 bridgehead atoms. The van der Waals surface area contributed by atoms with Crippen LogP contribution in [-0.2, 0) is 24.3 Å². The van der Waals surface area contributed by atoms with E-state index in [2.05, 4.69) is 5.32 Å². The Morgan fingerprint density at radius 2 is 1.77 bits per heavy atom. The number of halogens is 1. The van der Waals surface area contributed by atoms with Crippen molar-refractivity contribution in [1.29, 1.82) is 0 Å². The number of hydrogen-bond acceptors (Lipinski definition) is 5. The summed E-state index contributed by atoms with van der Waals surface area (Å²) in [7, 11) is -2.40. The Labute approximate surface area is 175 Å². The van der Waals surface area contributed by atoms with Crippen LogP contribution in [0.4, 0.5) is 10.1 Å². The molecule has 0 fully saturated rings. The molecular formula is C21H25FN2O5S. The van der Waals surface area contributed by atoms with Crippen LogP contribution in [0.25, 0.3) is 0 Å². The van der Waals surface area contributed by atoms with Gasteiger partial charge in [-0.25, -0.2) is 17.1 Å². The molecule has 2 aromatic carbocycles. The molecule has 0 spiro atoms. The van der Waals surface area contributed by atoms with Gasteiger partial charge in [0.2, 0.25) is 10.0 Å². The van der Waals surface area contributed by atoms with E-state index in [4.69, 9.17) is 4.74 Å². The highest BCUT2D eigenvalue weighted by Gasteiger charge is 2.22. The summed E-state index contributed by atoms with van der Waals surface area (Å²) in [4.78, 5) is 24.2. The zero-order chi connectivity index (χ0) is 22.3. The average molecular weight is 437 g/mol. The van der Waals surface area contributed by atoms with Crippen LogP contribution in [-0.4, -0.2) is 44.3 Å². The summed E-state index contributed by atoms with van der Waals surface area (Å²) in [5, 5.41) is 2.70. The van der Waals surface area contributed by atoms with Gasteiger partial charge in [-0.3, -0.25) is 9.59 Å². The number of aryl methyl sites for hydroxylation is 1. The first-order valence-electron chi connectivity index (χ1n) is 9.39. The fourth-order valence-corrected chi connectivity index (χ4v) is 3.82. The Morgan fingerprint density at radius 3 is 2.40 bits per heavy atom. The molecule has 0 aliphatic heterocycles. The van der Waals surface area contributed by atoms with Gasteiger partial charge in [-0.15, -0.1) is 0 Å². The Morgan fingerprint density at radius 1 is 1.13 bits per heavy atom. The fourth-order valence-electron chi connectivity index (χ4n) is 2.61. The molecule has 0 saturated heterocycles. The summed E-state index contributed by atoms with van der Waals surface area (Å²) < 4.78 is 44.0. The number of anilines is 1. The minimum atomic E-state index is -3.78. The molecule has 0 radical (unpaired) electrons. The van der Waals surface area contributed by atoms with E-state index in [0.717, 1.165) is 22.0 Å². The normalized spacial score (nSPS) is 12.4. The van der Waals surface area contributed by atoms with Crippen LogP contribution in [0.3, 0.4) is 0 Å². The standard InChI is InChI=1S/C21H25FN2O5S/c1-15-7-4-5-8-19(15)23-21(26)16(2)29-20(25)9-6-14-24(3)30(27,28)18-12-10-17(22)11-13-18/h4-5,7-8,10-13,16H,6,9,14H2,1-3H3,(H,23,26). The number of benzene rings is 2. The van der Waals surface area contributed by atoms with Crippen molar-refractivity contribution in [3.63, 3.8) is 0 Å². The van der Waals surface area contributed by atoms with Crippen molar-refractivity contribution in [2.45, 2.75) is 37.7 Å². The maximum Gasteiger partial charge on any atom is 0.306 e. The molecule has 2 rings (SSSR count). The number of rotatable bonds is 9. The number of amides is 1. The number of para-hydroxylation sites is 1. The number of esters is 1. The summed E-state index contributed by atoms with van der Waals surface area (Å²) >= 11 is 0. The molecule has 30 heavy (non-hydrogen) atoms. The molecule has 2 aromatic rings. The predicted molar refractivity (Wildman–Crippen MR) is 111 cm³/mol. The molecule has 1 atom stereocenters. The second-order valence-electron chi connectivity index (χ2n) is 6.82. The fraction of sp³-hybridized carbons (Fsp3) is 0.333. The SMILES string of the molecule is Cc1ccccc1NC(=O)C(C)OC(=O)CCCN(C)S(=O)(=O)c1ccc(F)cc1. The van der Waals surface area contributed by atoms with E-state index in [0.29, 0.717) is 5.69 Å². The van der Waals surface area contributed by atoms with E-state index in [1.165, 1.54) is 26.1 Å². The van der Waals surface area contributed by atoms with Gasteiger partial charge in [-0.2, -0.15) is 0 Å². The van der Waals surface area contributed by atoms with E-state index >= 15 is 0 Å². The third-order valence-corrected chi connectivity index (χ3v) is 6.33. The van der Waals surface area contributed by atoms with Crippen molar-refractivity contribution in [3.05, 3.63) is 59.9 Å². The second-order valence-corrected chi connectivity index (χ2v) is 8.87. The molecule has 1 unspecified atom stereocenters. The molecular weight excluding hydrogens is 411 g/mol. The van der Waals surface area contributed by atoms with Crippen molar-refractivity contribution in [3.8, 4) is 0 Å². The molecule has 0 aromatic heterocycles. The van der Waals surface area contributed by atoms with Crippen molar-refractivity contribution < 1.29 is 27.1 Å². The van der Waals surface area contributed by atoms with Crippen LogP contribution in [0.5, 0.6) is 0 Å². The van der Waals surface area contributed by atoms with E-state index in [1.807, 2.05) is 19.1 Å². The van der Waals surface area contributed by atoms with Crippen LogP contribution in [0.15, 0.2) is 53.4 Å². The molecule has 0 aliphatic rings. The van der Waals surface area contributed by atoms with Gasteiger partial charge in [0.15, 0.2) is 6.10 Å². The van der Waals surface area contributed by atoms with Gasteiger partial charge in [0.05, 0.1) is 4.90 Å². The number of sulfonamides is 1. The van der Waals surface area contributed by atoms with E-state index in [-0.39, 0.29) is 24.3 Å². The Bertz CT molecular complexity index is 993. The van der Waals surface area contributed by atoms with E-state index < -0.39 is 33.8 Å². The lowest BCUT2D eigenvalue weighted by Gasteiger charge is -2.17. The lowest BCUT2D eigenvalue weighted by Crippen LogP contribution is -2.31. The van der Waals surface area contributed by atoms with E-state index in [1.54, 1.807) is 12.1 Å². The van der Waals surface area contributed by atoms with Gasteiger partial charge in [0, 0.05) is 25.7 Å². The zero-order valence-electron chi connectivity index (χ0n) is 17.1. The maximum atomic E-state index is 13.0. The van der Waals surface area contributed by atoms with Gasteiger partial charge in [0.1, 0.15) is 5.82 Å². The van der Waals surface area contributed by atoms with Crippen LogP contribution >= 0.6 is 0 Å². The number of hydrogen-bond donors (Lipinski definition) is 1. The second kappa shape index (κ2) is 10.3. The van der Waals surface area contributed by atoms with E-state index in [9.17, 15) is 22.4 Å². The quantitative estimate of drug-likeness (QED) is 0.610. The highest BCUT2D eigenvalue weighted by atomic mass is 32.2. The van der Waals surface area contributed by atoms with Gasteiger partial charge in [-0.05, 0) is 56.2 Å². The number of nitrogens with zero attached hydrogens (tertiary/aromatic N) is 1.